The van der Waals surface area contributed by atoms with Crippen LogP contribution in [0.15, 0.2) is 33.2 Å². The van der Waals surface area contributed by atoms with Gasteiger partial charge in [0.05, 0.1) is 0 Å². The number of hydrogen-bond donors (Lipinski definition) is 1. The van der Waals surface area contributed by atoms with E-state index in [2.05, 4.69) is 15.9 Å². The van der Waals surface area contributed by atoms with Gasteiger partial charge in [-0.2, -0.15) is 5.26 Å². The Balaban J connectivity index is 2.58. The van der Waals surface area contributed by atoms with Gasteiger partial charge in [0.25, 0.3) is 0 Å². The molecule has 2 aromatic rings. The zero-order valence-corrected chi connectivity index (χ0v) is 8.65. The van der Waals surface area contributed by atoms with Crippen LogP contribution in [0.25, 0.3) is 11.0 Å². The highest BCUT2D eigenvalue weighted by Gasteiger charge is 2.11. The molecule has 1 aromatic heterocycles. The van der Waals surface area contributed by atoms with Crippen LogP contribution in [0, 0.1) is 11.3 Å². The van der Waals surface area contributed by atoms with Crippen molar-refractivity contribution >= 4 is 26.9 Å². The van der Waals surface area contributed by atoms with Gasteiger partial charge in [-0.1, -0.05) is 15.9 Å². The smallest absolute Gasteiger partial charge is 0.198 e. The topological polar surface area (TPSA) is 57.2 Å². The normalized spacial score (nSPS) is 12.6. The number of aliphatic hydroxyl groups is 1. The predicted molar refractivity (Wildman–Crippen MR) is 54.5 cm³/mol. The predicted octanol–water partition coefficient (Wildman–Crippen LogP) is 2.75. The van der Waals surface area contributed by atoms with Gasteiger partial charge < -0.3 is 9.52 Å². The monoisotopic (exact) mass is 251 g/mol. The first-order valence-electron chi connectivity index (χ1n) is 3.97. The van der Waals surface area contributed by atoms with Crippen molar-refractivity contribution in [3.63, 3.8) is 0 Å². The third-order valence-electron chi connectivity index (χ3n) is 1.89. The molecule has 14 heavy (non-hydrogen) atoms. The summed E-state index contributed by atoms with van der Waals surface area (Å²) in [4.78, 5) is 0. The molecule has 1 heterocycles. The van der Waals surface area contributed by atoms with Crippen LogP contribution in [0.3, 0.4) is 0 Å². The maximum absolute atomic E-state index is 9.23. The van der Waals surface area contributed by atoms with Crippen molar-refractivity contribution < 1.29 is 9.52 Å². The van der Waals surface area contributed by atoms with Gasteiger partial charge in [0, 0.05) is 9.86 Å². The Kier molecular flexibility index (Phi) is 2.28. The first-order chi connectivity index (χ1) is 6.70. The number of nitrogens with zero attached hydrogens (tertiary/aromatic N) is 1. The van der Waals surface area contributed by atoms with E-state index in [1.807, 2.05) is 12.1 Å². The fraction of sp³-hybridized carbons (Fsp3) is 0.100. The largest absolute Gasteiger partial charge is 0.457 e. The summed E-state index contributed by atoms with van der Waals surface area (Å²) in [5.41, 5.74) is 0.664. The van der Waals surface area contributed by atoms with Gasteiger partial charge in [-0.15, -0.1) is 0 Å². The quantitative estimate of drug-likeness (QED) is 0.794. The molecule has 1 N–H and O–H groups in total. The molecule has 0 amide bonds. The van der Waals surface area contributed by atoms with Gasteiger partial charge in [-0.25, -0.2) is 0 Å². The van der Waals surface area contributed by atoms with E-state index in [1.54, 1.807) is 18.2 Å². The molecular formula is C10H6BrNO2. The molecule has 3 nitrogen and oxygen atoms in total. The van der Waals surface area contributed by atoms with Crippen molar-refractivity contribution in [1.29, 1.82) is 5.26 Å². The summed E-state index contributed by atoms with van der Waals surface area (Å²) in [5.74, 6) is 0.278. The van der Waals surface area contributed by atoms with E-state index in [9.17, 15) is 5.11 Å². The van der Waals surface area contributed by atoms with Crippen LogP contribution in [0.4, 0.5) is 0 Å². The molecule has 0 radical (unpaired) electrons. The molecule has 0 saturated carbocycles. The summed E-state index contributed by atoms with van der Waals surface area (Å²) in [6, 6.07) is 8.86. The average molecular weight is 252 g/mol. The van der Waals surface area contributed by atoms with Crippen LogP contribution in [0.1, 0.15) is 11.9 Å². The van der Waals surface area contributed by atoms with Gasteiger partial charge in [-0.3, -0.25) is 0 Å². The van der Waals surface area contributed by atoms with E-state index in [4.69, 9.17) is 9.68 Å². The fourth-order valence-electron chi connectivity index (χ4n) is 1.23. The molecule has 0 fully saturated rings. The molecule has 4 heteroatoms. The van der Waals surface area contributed by atoms with Gasteiger partial charge >= 0.3 is 0 Å². The molecule has 1 atom stereocenters. The second-order valence-corrected chi connectivity index (χ2v) is 3.78. The molecule has 0 saturated heterocycles. The van der Waals surface area contributed by atoms with Crippen LogP contribution in [-0.4, -0.2) is 5.11 Å². The maximum atomic E-state index is 9.23. The lowest BCUT2D eigenvalue weighted by Crippen LogP contribution is -1.88. The van der Waals surface area contributed by atoms with Crippen LogP contribution in [0.2, 0.25) is 0 Å². The molecule has 0 aliphatic carbocycles. The van der Waals surface area contributed by atoms with E-state index < -0.39 is 6.10 Å². The third-order valence-corrected chi connectivity index (χ3v) is 2.38. The molecule has 0 spiro atoms. The van der Waals surface area contributed by atoms with Crippen molar-refractivity contribution in [2.45, 2.75) is 6.10 Å². The first kappa shape index (κ1) is 9.25. The lowest BCUT2D eigenvalue weighted by Gasteiger charge is -1.92. The van der Waals surface area contributed by atoms with Crippen LogP contribution in [-0.2, 0) is 0 Å². The number of benzene rings is 1. The van der Waals surface area contributed by atoms with E-state index >= 15 is 0 Å². The second-order valence-electron chi connectivity index (χ2n) is 2.86. The van der Waals surface area contributed by atoms with Crippen molar-refractivity contribution in [2.24, 2.45) is 0 Å². The zero-order valence-electron chi connectivity index (χ0n) is 7.07. The average Bonchev–Trinajstić information content (AvgIpc) is 2.59. The molecule has 1 unspecified atom stereocenters. The highest BCUT2D eigenvalue weighted by atomic mass is 79.9. The molecule has 70 valence electrons. The number of nitriles is 1. The van der Waals surface area contributed by atoms with Crippen molar-refractivity contribution in [3.8, 4) is 6.07 Å². The molecule has 0 aliphatic heterocycles. The number of furan rings is 1. The minimum Gasteiger partial charge on any atom is -0.457 e. The van der Waals surface area contributed by atoms with Gasteiger partial charge in [0.1, 0.15) is 17.4 Å². The Morgan fingerprint density at radius 2 is 2.21 bits per heavy atom. The van der Waals surface area contributed by atoms with Gasteiger partial charge in [0.15, 0.2) is 6.10 Å². The van der Waals surface area contributed by atoms with Crippen LogP contribution in [0.5, 0.6) is 0 Å². The Morgan fingerprint density at radius 3 is 2.93 bits per heavy atom. The summed E-state index contributed by atoms with van der Waals surface area (Å²) in [5, 5.41) is 18.6. The summed E-state index contributed by atoms with van der Waals surface area (Å²) in [7, 11) is 0. The van der Waals surface area contributed by atoms with E-state index in [-0.39, 0.29) is 5.76 Å². The number of rotatable bonds is 1. The van der Waals surface area contributed by atoms with E-state index in [0.717, 1.165) is 9.86 Å². The number of fused-ring (bicyclic) bond motifs is 1. The lowest BCUT2D eigenvalue weighted by atomic mass is 10.2. The first-order valence-corrected chi connectivity index (χ1v) is 4.76. The fourth-order valence-corrected chi connectivity index (χ4v) is 1.61. The van der Waals surface area contributed by atoms with E-state index in [1.165, 1.54) is 0 Å². The number of hydrogen-bond acceptors (Lipinski definition) is 3. The third kappa shape index (κ3) is 1.52. The molecule has 0 bridgehead atoms. The van der Waals surface area contributed by atoms with Gasteiger partial charge in [-0.05, 0) is 24.3 Å². The molecule has 0 aliphatic rings. The Hall–Kier alpha value is -1.31. The van der Waals surface area contributed by atoms with Crippen molar-refractivity contribution in [3.05, 3.63) is 34.5 Å². The highest BCUT2D eigenvalue weighted by Crippen LogP contribution is 2.26. The minimum absolute atomic E-state index is 0.278. The minimum atomic E-state index is -1.19. The van der Waals surface area contributed by atoms with Crippen molar-refractivity contribution in [2.75, 3.05) is 0 Å². The summed E-state index contributed by atoms with van der Waals surface area (Å²) in [6.45, 7) is 0. The van der Waals surface area contributed by atoms with Crippen molar-refractivity contribution in [1.82, 2.24) is 0 Å². The highest BCUT2D eigenvalue weighted by molar-refractivity contribution is 9.10. The SMILES string of the molecule is N#CC(O)c1cc2cc(Br)ccc2o1. The summed E-state index contributed by atoms with van der Waals surface area (Å²) >= 11 is 3.33. The standard InChI is InChI=1S/C10H6BrNO2/c11-7-1-2-9-6(3-7)4-10(14-9)8(13)5-12/h1-4,8,13H. The van der Waals surface area contributed by atoms with Gasteiger partial charge in [0.2, 0.25) is 0 Å². The molecule has 2 rings (SSSR count). The summed E-state index contributed by atoms with van der Waals surface area (Å²) in [6.07, 6.45) is -1.19. The Morgan fingerprint density at radius 1 is 1.43 bits per heavy atom. The second kappa shape index (κ2) is 3.45. The number of halogens is 1. The van der Waals surface area contributed by atoms with Crippen LogP contribution < -0.4 is 0 Å². The molecular weight excluding hydrogens is 246 g/mol. The Labute approximate surface area is 88.7 Å². The molecule has 1 aromatic carbocycles. The Bertz CT molecular complexity index is 512. The van der Waals surface area contributed by atoms with Crippen LogP contribution >= 0.6 is 15.9 Å². The maximum Gasteiger partial charge on any atom is 0.198 e. The summed E-state index contributed by atoms with van der Waals surface area (Å²) < 4.78 is 6.22. The number of aliphatic hydroxyl groups excluding tert-OH is 1. The van der Waals surface area contributed by atoms with E-state index in [0.29, 0.717) is 5.58 Å². The lowest BCUT2D eigenvalue weighted by molar-refractivity contribution is 0.207. The zero-order chi connectivity index (χ0) is 10.1.